The van der Waals surface area contributed by atoms with Crippen LogP contribution in [-0.4, -0.2) is 22.2 Å². The lowest BCUT2D eigenvalue weighted by atomic mass is 10.0. The van der Waals surface area contributed by atoms with E-state index in [1.165, 1.54) is 32.1 Å². The minimum Gasteiger partial charge on any atom is -0.392 e. The van der Waals surface area contributed by atoms with E-state index in [0.29, 0.717) is 5.92 Å². The largest absolute Gasteiger partial charge is 0.392 e. The zero-order chi connectivity index (χ0) is 9.68. The summed E-state index contributed by atoms with van der Waals surface area (Å²) in [5.74, 6) is 1.35. The van der Waals surface area contributed by atoms with E-state index >= 15 is 0 Å². The van der Waals surface area contributed by atoms with Crippen molar-refractivity contribution in [2.45, 2.75) is 57.3 Å². The predicted octanol–water partition coefficient (Wildman–Crippen LogP) is 3.07. The van der Waals surface area contributed by atoms with Crippen LogP contribution in [0.3, 0.4) is 0 Å². The van der Waals surface area contributed by atoms with Gasteiger partial charge in [0.2, 0.25) is 0 Å². The van der Waals surface area contributed by atoms with Gasteiger partial charge in [-0.15, -0.1) is 0 Å². The second-order valence-corrected chi connectivity index (χ2v) is 5.74. The van der Waals surface area contributed by atoms with E-state index in [4.69, 9.17) is 0 Å². The zero-order valence-corrected chi connectivity index (χ0v) is 9.65. The average Bonchev–Trinajstić information content (AvgIpc) is 2.15. The molecule has 0 aliphatic heterocycles. The van der Waals surface area contributed by atoms with Gasteiger partial charge >= 0.3 is 0 Å². The SMILES string of the molecule is CC(C)C(O)CSC1CCCCC1. The van der Waals surface area contributed by atoms with Crippen LogP contribution in [0.25, 0.3) is 0 Å². The van der Waals surface area contributed by atoms with E-state index in [1.807, 2.05) is 11.8 Å². The van der Waals surface area contributed by atoms with Crippen LogP contribution in [0.4, 0.5) is 0 Å². The van der Waals surface area contributed by atoms with Crippen molar-refractivity contribution in [2.75, 3.05) is 5.75 Å². The van der Waals surface area contributed by atoms with Crippen LogP contribution in [0, 0.1) is 5.92 Å². The van der Waals surface area contributed by atoms with Crippen LogP contribution >= 0.6 is 11.8 Å². The summed E-state index contributed by atoms with van der Waals surface area (Å²) in [6.45, 7) is 4.18. The predicted molar refractivity (Wildman–Crippen MR) is 60.2 cm³/mol. The standard InChI is InChI=1S/C11H22OS/c1-9(2)11(12)8-13-10-6-4-3-5-7-10/h9-12H,3-8H2,1-2H3. The Kier molecular flexibility index (Phi) is 5.18. The van der Waals surface area contributed by atoms with Gasteiger partial charge in [-0.2, -0.15) is 11.8 Å². The molecule has 1 unspecified atom stereocenters. The van der Waals surface area contributed by atoms with Gasteiger partial charge in [0.05, 0.1) is 6.10 Å². The number of aliphatic hydroxyl groups excluding tert-OH is 1. The van der Waals surface area contributed by atoms with Crippen molar-refractivity contribution in [1.82, 2.24) is 0 Å². The minimum atomic E-state index is -0.105. The third-order valence-corrected chi connectivity index (χ3v) is 4.30. The lowest BCUT2D eigenvalue weighted by Gasteiger charge is -2.23. The Bertz CT molecular complexity index is 130. The zero-order valence-electron chi connectivity index (χ0n) is 8.83. The van der Waals surface area contributed by atoms with Gasteiger partial charge in [-0.05, 0) is 18.8 Å². The summed E-state index contributed by atoms with van der Waals surface area (Å²) < 4.78 is 0. The van der Waals surface area contributed by atoms with Crippen LogP contribution in [-0.2, 0) is 0 Å². The average molecular weight is 202 g/mol. The van der Waals surface area contributed by atoms with Crippen molar-refractivity contribution in [3.8, 4) is 0 Å². The molecule has 1 saturated carbocycles. The Morgan fingerprint density at radius 1 is 1.23 bits per heavy atom. The molecule has 1 aliphatic carbocycles. The number of rotatable bonds is 4. The first-order chi connectivity index (χ1) is 6.20. The third-order valence-electron chi connectivity index (χ3n) is 2.82. The molecule has 0 aromatic heterocycles. The molecule has 2 heteroatoms. The smallest absolute Gasteiger partial charge is 0.0653 e. The molecular formula is C11H22OS. The van der Waals surface area contributed by atoms with Gasteiger partial charge in [-0.25, -0.2) is 0 Å². The van der Waals surface area contributed by atoms with Gasteiger partial charge in [0.15, 0.2) is 0 Å². The van der Waals surface area contributed by atoms with Gasteiger partial charge in [0, 0.05) is 11.0 Å². The summed E-state index contributed by atoms with van der Waals surface area (Å²) in [4.78, 5) is 0. The molecule has 0 saturated heterocycles. The topological polar surface area (TPSA) is 20.2 Å². The van der Waals surface area contributed by atoms with Crippen molar-refractivity contribution >= 4 is 11.8 Å². The molecule has 0 aromatic carbocycles. The summed E-state index contributed by atoms with van der Waals surface area (Å²) in [5.41, 5.74) is 0. The van der Waals surface area contributed by atoms with Crippen LogP contribution in [0.1, 0.15) is 46.0 Å². The fraction of sp³-hybridized carbons (Fsp3) is 1.00. The first-order valence-corrected chi connectivity index (χ1v) is 6.54. The van der Waals surface area contributed by atoms with Crippen molar-refractivity contribution in [3.05, 3.63) is 0 Å². The highest BCUT2D eigenvalue weighted by Crippen LogP contribution is 2.29. The van der Waals surface area contributed by atoms with E-state index in [2.05, 4.69) is 13.8 Å². The highest BCUT2D eigenvalue weighted by atomic mass is 32.2. The Hall–Kier alpha value is 0.310. The molecule has 0 bridgehead atoms. The quantitative estimate of drug-likeness (QED) is 0.756. The molecule has 0 amide bonds. The second kappa shape index (κ2) is 5.92. The van der Waals surface area contributed by atoms with Crippen molar-refractivity contribution < 1.29 is 5.11 Å². The second-order valence-electron chi connectivity index (χ2n) is 4.40. The maximum atomic E-state index is 9.64. The first kappa shape index (κ1) is 11.4. The van der Waals surface area contributed by atoms with E-state index in [1.54, 1.807) is 0 Å². The minimum absolute atomic E-state index is 0.105. The van der Waals surface area contributed by atoms with E-state index in [-0.39, 0.29) is 6.10 Å². The number of hydrogen-bond acceptors (Lipinski definition) is 2. The summed E-state index contributed by atoms with van der Waals surface area (Å²) in [7, 11) is 0. The van der Waals surface area contributed by atoms with E-state index in [9.17, 15) is 5.11 Å². The highest BCUT2D eigenvalue weighted by Gasteiger charge is 2.16. The summed E-state index contributed by atoms with van der Waals surface area (Å²) >= 11 is 1.98. The summed E-state index contributed by atoms with van der Waals surface area (Å²) in [6.07, 6.45) is 6.85. The van der Waals surface area contributed by atoms with E-state index < -0.39 is 0 Å². The summed E-state index contributed by atoms with van der Waals surface area (Å²) in [6, 6.07) is 0. The molecule has 0 radical (unpaired) electrons. The van der Waals surface area contributed by atoms with Gasteiger partial charge in [-0.1, -0.05) is 33.1 Å². The fourth-order valence-electron chi connectivity index (χ4n) is 1.66. The monoisotopic (exact) mass is 202 g/mol. The van der Waals surface area contributed by atoms with Gasteiger partial charge in [-0.3, -0.25) is 0 Å². The van der Waals surface area contributed by atoms with Gasteiger partial charge < -0.3 is 5.11 Å². The molecule has 1 aliphatic rings. The Morgan fingerprint density at radius 3 is 2.38 bits per heavy atom. The van der Waals surface area contributed by atoms with Crippen molar-refractivity contribution in [2.24, 2.45) is 5.92 Å². The van der Waals surface area contributed by atoms with Gasteiger partial charge in [0.1, 0.15) is 0 Å². The molecule has 0 spiro atoms. The molecule has 1 N–H and O–H groups in total. The molecule has 1 atom stereocenters. The van der Waals surface area contributed by atoms with Crippen LogP contribution in [0.15, 0.2) is 0 Å². The lowest BCUT2D eigenvalue weighted by Crippen LogP contribution is -2.20. The third kappa shape index (κ3) is 4.37. The molecule has 1 nitrogen and oxygen atoms in total. The molecule has 1 fully saturated rings. The Morgan fingerprint density at radius 2 is 1.85 bits per heavy atom. The fourth-order valence-corrected chi connectivity index (χ4v) is 3.18. The maximum absolute atomic E-state index is 9.64. The Labute approximate surface area is 86.3 Å². The van der Waals surface area contributed by atoms with Crippen molar-refractivity contribution in [1.29, 1.82) is 0 Å². The van der Waals surface area contributed by atoms with E-state index in [0.717, 1.165) is 11.0 Å². The lowest BCUT2D eigenvalue weighted by molar-refractivity contribution is 0.149. The molecule has 0 heterocycles. The maximum Gasteiger partial charge on any atom is 0.0653 e. The molecular weight excluding hydrogens is 180 g/mol. The van der Waals surface area contributed by atoms with Crippen LogP contribution in [0.2, 0.25) is 0 Å². The number of hydrogen-bond donors (Lipinski definition) is 1. The first-order valence-electron chi connectivity index (χ1n) is 5.50. The highest BCUT2D eigenvalue weighted by molar-refractivity contribution is 7.99. The number of thioether (sulfide) groups is 1. The molecule has 78 valence electrons. The van der Waals surface area contributed by atoms with Crippen LogP contribution < -0.4 is 0 Å². The van der Waals surface area contributed by atoms with Crippen molar-refractivity contribution in [3.63, 3.8) is 0 Å². The van der Waals surface area contributed by atoms with Crippen LogP contribution in [0.5, 0.6) is 0 Å². The molecule has 0 aromatic rings. The molecule has 1 rings (SSSR count). The normalized spacial score (nSPS) is 22.2. The number of aliphatic hydroxyl groups is 1. The molecule has 13 heavy (non-hydrogen) atoms. The Balaban J connectivity index is 2.10. The summed E-state index contributed by atoms with van der Waals surface area (Å²) in [5, 5.41) is 10.5. The van der Waals surface area contributed by atoms with Gasteiger partial charge in [0.25, 0.3) is 0 Å².